The molecule has 0 aliphatic rings. The molecular formula is C21H20N6O. The fraction of sp³-hybridized carbons (Fsp3) is 0.143. The minimum Gasteiger partial charge on any atom is -0.357 e. The van der Waals surface area contributed by atoms with Crippen molar-refractivity contribution in [3.8, 4) is 22.6 Å². The Morgan fingerprint density at radius 3 is 2.68 bits per heavy atom. The number of nitrogens with one attached hydrogen (secondary N) is 2. The number of carbonyl (C=O) groups excluding carboxylic acids is 1. The van der Waals surface area contributed by atoms with Gasteiger partial charge in [0.05, 0.1) is 0 Å². The number of aromatic nitrogens is 5. The Labute approximate surface area is 162 Å². The van der Waals surface area contributed by atoms with Crippen molar-refractivity contribution in [2.45, 2.75) is 19.9 Å². The standard InChI is InChI=1S/C21H20N6O/c1-14(2)27-13-23-26-20(27)17-9-6-10-19(24-17)25-21(28)18-11-16(12-22-18)15-7-4-3-5-8-15/h3-14,22H,1-2H3,(H,24,25,28). The Hall–Kier alpha value is -3.74. The Morgan fingerprint density at radius 2 is 1.89 bits per heavy atom. The van der Waals surface area contributed by atoms with Crippen LogP contribution in [0, 0.1) is 0 Å². The van der Waals surface area contributed by atoms with Gasteiger partial charge in [0.1, 0.15) is 23.5 Å². The number of H-pyrrole nitrogens is 1. The van der Waals surface area contributed by atoms with Crippen molar-refractivity contribution in [1.82, 2.24) is 24.7 Å². The molecule has 4 aromatic rings. The molecule has 0 saturated carbocycles. The van der Waals surface area contributed by atoms with Crippen LogP contribution >= 0.6 is 0 Å². The van der Waals surface area contributed by atoms with E-state index in [1.807, 2.05) is 73.1 Å². The predicted molar refractivity (Wildman–Crippen MR) is 108 cm³/mol. The van der Waals surface area contributed by atoms with E-state index in [0.717, 1.165) is 11.1 Å². The van der Waals surface area contributed by atoms with Crippen LogP contribution in [0.1, 0.15) is 30.4 Å². The summed E-state index contributed by atoms with van der Waals surface area (Å²) in [5.74, 6) is 0.867. The Morgan fingerprint density at radius 1 is 1.07 bits per heavy atom. The summed E-state index contributed by atoms with van der Waals surface area (Å²) in [6.07, 6.45) is 3.50. The van der Waals surface area contributed by atoms with E-state index in [-0.39, 0.29) is 11.9 Å². The number of rotatable bonds is 5. The van der Waals surface area contributed by atoms with Gasteiger partial charge >= 0.3 is 0 Å². The number of anilines is 1. The Kier molecular flexibility index (Phi) is 4.72. The van der Waals surface area contributed by atoms with Crippen LogP contribution in [0.15, 0.2) is 67.1 Å². The molecule has 0 aliphatic heterocycles. The van der Waals surface area contributed by atoms with Gasteiger partial charge in [-0.1, -0.05) is 36.4 Å². The Bertz CT molecular complexity index is 1100. The van der Waals surface area contributed by atoms with E-state index in [9.17, 15) is 4.79 Å². The molecule has 28 heavy (non-hydrogen) atoms. The maximum Gasteiger partial charge on any atom is 0.273 e. The minimum absolute atomic E-state index is 0.209. The van der Waals surface area contributed by atoms with E-state index in [1.54, 1.807) is 12.4 Å². The molecule has 1 aromatic carbocycles. The molecule has 0 radical (unpaired) electrons. The van der Waals surface area contributed by atoms with Gasteiger partial charge in [-0.15, -0.1) is 10.2 Å². The van der Waals surface area contributed by atoms with E-state index < -0.39 is 0 Å². The number of hydrogen-bond acceptors (Lipinski definition) is 4. The molecule has 0 spiro atoms. The van der Waals surface area contributed by atoms with Crippen molar-refractivity contribution >= 4 is 11.7 Å². The molecule has 3 aromatic heterocycles. The zero-order valence-electron chi connectivity index (χ0n) is 15.6. The molecule has 0 fully saturated rings. The van der Waals surface area contributed by atoms with Gasteiger partial charge in [0, 0.05) is 12.2 Å². The van der Waals surface area contributed by atoms with Crippen molar-refractivity contribution in [3.05, 3.63) is 72.8 Å². The van der Waals surface area contributed by atoms with Crippen LogP contribution in [0.25, 0.3) is 22.6 Å². The first-order valence-electron chi connectivity index (χ1n) is 9.04. The lowest BCUT2D eigenvalue weighted by molar-refractivity contribution is 0.102. The third kappa shape index (κ3) is 3.55. The van der Waals surface area contributed by atoms with Crippen LogP contribution in [0.4, 0.5) is 5.82 Å². The molecule has 0 unspecified atom stereocenters. The van der Waals surface area contributed by atoms with Gasteiger partial charge in [-0.25, -0.2) is 4.98 Å². The van der Waals surface area contributed by atoms with Crippen LogP contribution in [0.3, 0.4) is 0 Å². The Balaban J connectivity index is 1.54. The van der Waals surface area contributed by atoms with Crippen LogP contribution < -0.4 is 5.32 Å². The average molecular weight is 372 g/mol. The lowest BCUT2D eigenvalue weighted by Gasteiger charge is -2.10. The number of hydrogen-bond donors (Lipinski definition) is 2. The van der Waals surface area contributed by atoms with Gasteiger partial charge in [-0.3, -0.25) is 4.79 Å². The maximum absolute atomic E-state index is 12.6. The number of benzene rings is 1. The molecule has 0 bridgehead atoms. The number of nitrogens with zero attached hydrogens (tertiary/aromatic N) is 4. The molecule has 0 saturated heterocycles. The van der Waals surface area contributed by atoms with E-state index in [0.29, 0.717) is 23.0 Å². The third-order valence-corrected chi connectivity index (χ3v) is 4.38. The molecule has 1 amide bonds. The topological polar surface area (TPSA) is 88.5 Å². The smallest absolute Gasteiger partial charge is 0.273 e. The summed E-state index contributed by atoms with van der Waals surface area (Å²) in [6.45, 7) is 4.10. The number of amides is 1. The highest BCUT2D eigenvalue weighted by Gasteiger charge is 2.14. The molecule has 0 atom stereocenters. The minimum atomic E-state index is -0.253. The highest BCUT2D eigenvalue weighted by atomic mass is 16.1. The molecule has 2 N–H and O–H groups in total. The van der Waals surface area contributed by atoms with Crippen molar-refractivity contribution in [3.63, 3.8) is 0 Å². The van der Waals surface area contributed by atoms with E-state index in [2.05, 4.69) is 25.5 Å². The largest absolute Gasteiger partial charge is 0.357 e. The highest BCUT2D eigenvalue weighted by molar-refractivity contribution is 6.03. The summed E-state index contributed by atoms with van der Waals surface area (Å²) >= 11 is 0. The van der Waals surface area contributed by atoms with Gasteiger partial charge in [0.2, 0.25) is 0 Å². The molecule has 0 aliphatic carbocycles. The van der Waals surface area contributed by atoms with Crippen LogP contribution in [0.2, 0.25) is 0 Å². The van der Waals surface area contributed by atoms with Crippen molar-refractivity contribution in [2.75, 3.05) is 5.32 Å². The lowest BCUT2D eigenvalue weighted by atomic mass is 10.1. The summed E-state index contributed by atoms with van der Waals surface area (Å²) in [6, 6.07) is 17.4. The molecule has 140 valence electrons. The first kappa shape index (κ1) is 17.7. The van der Waals surface area contributed by atoms with Crippen LogP contribution in [0.5, 0.6) is 0 Å². The highest BCUT2D eigenvalue weighted by Crippen LogP contribution is 2.22. The second-order valence-electron chi connectivity index (χ2n) is 6.69. The zero-order chi connectivity index (χ0) is 19.5. The summed E-state index contributed by atoms with van der Waals surface area (Å²) in [7, 11) is 0. The van der Waals surface area contributed by atoms with Gasteiger partial charge in [0.25, 0.3) is 5.91 Å². The van der Waals surface area contributed by atoms with E-state index >= 15 is 0 Å². The van der Waals surface area contributed by atoms with Crippen LogP contribution in [-0.4, -0.2) is 30.6 Å². The van der Waals surface area contributed by atoms with E-state index in [4.69, 9.17) is 0 Å². The second-order valence-corrected chi connectivity index (χ2v) is 6.69. The SMILES string of the molecule is CC(C)n1cnnc1-c1cccc(NC(=O)c2cc(-c3ccccc3)c[nH]2)n1. The third-order valence-electron chi connectivity index (χ3n) is 4.38. The zero-order valence-corrected chi connectivity index (χ0v) is 15.6. The summed E-state index contributed by atoms with van der Waals surface area (Å²) < 4.78 is 1.94. The second kappa shape index (κ2) is 7.48. The lowest BCUT2D eigenvalue weighted by Crippen LogP contribution is -2.13. The normalized spacial score (nSPS) is 11.0. The van der Waals surface area contributed by atoms with Crippen molar-refractivity contribution in [1.29, 1.82) is 0 Å². The van der Waals surface area contributed by atoms with Crippen molar-refractivity contribution in [2.24, 2.45) is 0 Å². The van der Waals surface area contributed by atoms with Gasteiger partial charge < -0.3 is 14.9 Å². The number of aromatic amines is 1. The fourth-order valence-electron chi connectivity index (χ4n) is 2.94. The quantitative estimate of drug-likeness (QED) is 0.550. The molecule has 4 rings (SSSR count). The molecule has 3 heterocycles. The first-order chi connectivity index (χ1) is 13.6. The summed E-state index contributed by atoms with van der Waals surface area (Å²) in [5, 5.41) is 11.0. The number of pyridine rings is 1. The van der Waals surface area contributed by atoms with Gasteiger partial charge in [-0.2, -0.15) is 0 Å². The predicted octanol–water partition coefficient (Wildman–Crippen LogP) is 4.17. The molecular weight excluding hydrogens is 352 g/mol. The van der Waals surface area contributed by atoms with Crippen LogP contribution in [-0.2, 0) is 0 Å². The average Bonchev–Trinajstić information content (AvgIpc) is 3.39. The monoisotopic (exact) mass is 372 g/mol. The van der Waals surface area contributed by atoms with E-state index in [1.165, 1.54) is 0 Å². The van der Waals surface area contributed by atoms with Crippen molar-refractivity contribution < 1.29 is 4.79 Å². The van der Waals surface area contributed by atoms with Gasteiger partial charge in [-0.05, 0) is 43.2 Å². The number of carbonyl (C=O) groups is 1. The molecule has 7 nitrogen and oxygen atoms in total. The molecule has 7 heteroatoms. The summed E-state index contributed by atoms with van der Waals surface area (Å²) in [4.78, 5) is 20.2. The van der Waals surface area contributed by atoms with Gasteiger partial charge in [0.15, 0.2) is 5.82 Å². The summed E-state index contributed by atoms with van der Waals surface area (Å²) in [5.41, 5.74) is 3.13. The fourth-order valence-corrected chi connectivity index (χ4v) is 2.94. The first-order valence-corrected chi connectivity index (χ1v) is 9.04. The maximum atomic E-state index is 12.6.